The summed E-state index contributed by atoms with van der Waals surface area (Å²) in [7, 11) is 3.04. The number of carbonyl (C=O) groups is 2. The quantitative estimate of drug-likeness (QED) is 0.565. The lowest BCUT2D eigenvalue weighted by Crippen LogP contribution is -2.38. The molecule has 0 spiro atoms. The number of aldehydes is 1. The lowest BCUT2D eigenvalue weighted by Gasteiger charge is -2.17. The second-order valence-electron chi connectivity index (χ2n) is 4.19. The van der Waals surface area contributed by atoms with Crippen molar-refractivity contribution in [2.24, 2.45) is 0 Å². The molecule has 0 aliphatic rings. The van der Waals surface area contributed by atoms with Crippen LogP contribution < -0.4 is 14.8 Å². The van der Waals surface area contributed by atoms with Gasteiger partial charge in [0.15, 0.2) is 23.9 Å². The van der Waals surface area contributed by atoms with Gasteiger partial charge in [0, 0.05) is 23.7 Å². The molecule has 1 aromatic rings. The van der Waals surface area contributed by atoms with Gasteiger partial charge in [-0.15, -0.1) is 0 Å². The van der Waals surface area contributed by atoms with Crippen molar-refractivity contribution in [2.45, 2.75) is 13.0 Å². The van der Waals surface area contributed by atoms with E-state index in [0.717, 1.165) is 0 Å². The zero-order valence-corrected chi connectivity index (χ0v) is 13.7. The molecule has 1 atom stereocenters. The summed E-state index contributed by atoms with van der Waals surface area (Å²) in [6.07, 6.45) is -0.0314. The van der Waals surface area contributed by atoms with Crippen LogP contribution in [0.1, 0.15) is 17.3 Å². The van der Waals surface area contributed by atoms with Crippen LogP contribution >= 0.6 is 15.9 Å². The lowest BCUT2D eigenvalue weighted by atomic mass is 10.2. The van der Waals surface area contributed by atoms with Crippen molar-refractivity contribution in [2.75, 3.05) is 27.4 Å². The molecule has 0 saturated carbocycles. The summed E-state index contributed by atoms with van der Waals surface area (Å²) in [5, 5.41) is 2.67. The lowest BCUT2D eigenvalue weighted by molar-refractivity contribution is -0.127. The van der Waals surface area contributed by atoms with Crippen LogP contribution in [0.2, 0.25) is 0 Å². The van der Waals surface area contributed by atoms with Crippen molar-refractivity contribution < 1.29 is 23.8 Å². The molecule has 0 heterocycles. The molecule has 0 saturated heterocycles. The molecule has 0 radical (unpaired) electrons. The van der Waals surface area contributed by atoms with Crippen LogP contribution in [-0.4, -0.2) is 45.7 Å². The van der Waals surface area contributed by atoms with Gasteiger partial charge >= 0.3 is 0 Å². The third-order valence-corrected chi connectivity index (χ3v) is 3.38. The largest absolute Gasteiger partial charge is 0.493 e. The van der Waals surface area contributed by atoms with Gasteiger partial charge in [-0.1, -0.05) is 0 Å². The summed E-state index contributed by atoms with van der Waals surface area (Å²) in [5.74, 6) is 0.492. The summed E-state index contributed by atoms with van der Waals surface area (Å²) >= 11 is 3.26. The van der Waals surface area contributed by atoms with Gasteiger partial charge in [-0.2, -0.15) is 0 Å². The van der Waals surface area contributed by atoms with Crippen LogP contribution in [0.4, 0.5) is 0 Å². The Morgan fingerprint density at radius 3 is 2.67 bits per heavy atom. The van der Waals surface area contributed by atoms with Crippen LogP contribution in [0.3, 0.4) is 0 Å². The Morgan fingerprint density at radius 1 is 1.38 bits per heavy atom. The van der Waals surface area contributed by atoms with E-state index in [1.165, 1.54) is 13.2 Å². The Bertz CT molecular complexity index is 506. The number of hydrogen-bond donors (Lipinski definition) is 1. The van der Waals surface area contributed by atoms with E-state index in [0.29, 0.717) is 41.0 Å². The first-order chi connectivity index (χ1) is 10.0. The van der Waals surface area contributed by atoms with Crippen LogP contribution in [0.15, 0.2) is 16.6 Å². The summed E-state index contributed by atoms with van der Waals surface area (Å²) < 4.78 is 16.2. The van der Waals surface area contributed by atoms with E-state index in [4.69, 9.17) is 14.2 Å². The van der Waals surface area contributed by atoms with E-state index in [1.807, 2.05) is 0 Å². The fourth-order valence-electron chi connectivity index (χ4n) is 1.56. The first-order valence-corrected chi connectivity index (χ1v) is 7.08. The number of methoxy groups -OCH3 is 2. The standard InChI is InChI=1S/C14H18BrNO5/c1-9(14(18)16-4-5-19-2)21-13-6-10(8-17)11(15)7-12(13)20-3/h6-9H,4-5H2,1-3H3,(H,16,18)/t9-/m1/s1. The highest BCUT2D eigenvalue weighted by atomic mass is 79.9. The van der Waals surface area contributed by atoms with Crippen molar-refractivity contribution in [1.82, 2.24) is 5.32 Å². The van der Waals surface area contributed by atoms with Gasteiger partial charge in [-0.3, -0.25) is 9.59 Å². The third kappa shape index (κ3) is 5.02. The van der Waals surface area contributed by atoms with Gasteiger partial charge < -0.3 is 19.5 Å². The SMILES string of the molecule is COCCNC(=O)[C@@H](C)Oc1cc(C=O)c(Br)cc1OC. The van der Waals surface area contributed by atoms with E-state index in [9.17, 15) is 9.59 Å². The molecule has 0 fully saturated rings. The minimum Gasteiger partial charge on any atom is -0.493 e. The fourth-order valence-corrected chi connectivity index (χ4v) is 1.97. The smallest absolute Gasteiger partial charge is 0.260 e. The molecule has 0 aliphatic carbocycles. The predicted molar refractivity (Wildman–Crippen MR) is 81.1 cm³/mol. The van der Waals surface area contributed by atoms with Crippen molar-refractivity contribution >= 4 is 28.1 Å². The van der Waals surface area contributed by atoms with E-state index in [1.54, 1.807) is 20.1 Å². The minimum absolute atomic E-state index is 0.273. The predicted octanol–water partition coefficient (Wildman–Crippen LogP) is 1.80. The van der Waals surface area contributed by atoms with E-state index < -0.39 is 6.10 Å². The number of benzene rings is 1. The molecular weight excluding hydrogens is 342 g/mol. The van der Waals surface area contributed by atoms with Crippen molar-refractivity contribution in [3.63, 3.8) is 0 Å². The maximum absolute atomic E-state index is 11.8. The Labute approximate surface area is 131 Å². The van der Waals surface area contributed by atoms with Gasteiger partial charge in [0.05, 0.1) is 13.7 Å². The molecule has 1 aromatic carbocycles. The van der Waals surface area contributed by atoms with Gasteiger partial charge in [0.2, 0.25) is 0 Å². The minimum atomic E-state index is -0.726. The molecule has 1 rings (SSSR count). The Kier molecular flexibility index (Phi) is 7.18. The number of carbonyl (C=O) groups excluding carboxylic acids is 2. The molecule has 21 heavy (non-hydrogen) atoms. The maximum atomic E-state index is 11.8. The number of halogens is 1. The number of amides is 1. The monoisotopic (exact) mass is 359 g/mol. The average Bonchev–Trinajstić information content (AvgIpc) is 2.48. The molecule has 1 amide bonds. The van der Waals surface area contributed by atoms with Gasteiger partial charge in [0.25, 0.3) is 5.91 Å². The van der Waals surface area contributed by atoms with Gasteiger partial charge in [-0.05, 0) is 35.0 Å². The third-order valence-electron chi connectivity index (χ3n) is 2.69. The van der Waals surface area contributed by atoms with Crippen LogP contribution in [0.25, 0.3) is 0 Å². The second-order valence-corrected chi connectivity index (χ2v) is 5.04. The number of ether oxygens (including phenoxy) is 3. The van der Waals surface area contributed by atoms with E-state index >= 15 is 0 Å². The normalized spacial score (nSPS) is 11.6. The fraction of sp³-hybridized carbons (Fsp3) is 0.429. The summed E-state index contributed by atoms with van der Waals surface area (Å²) in [6.45, 7) is 2.44. The zero-order valence-electron chi connectivity index (χ0n) is 12.1. The second kappa shape index (κ2) is 8.63. The van der Waals surface area contributed by atoms with Crippen molar-refractivity contribution in [1.29, 1.82) is 0 Å². The maximum Gasteiger partial charge on any atom is 0.260 e. The molecule has 1 N–H and O–H groups in total. The van der Waals surface area contributed by atoms with Gasteiger partial charge in [-0.25, -0.2) is 0 Å². The summed E-state index contributed by atoms with van der Waals surface area (Å²) in [6, 6.07) is 3.14. The van der Waals surface area contributed by atoms with Gasteiger partial charge in [0.1, 0.15) is 0 Å². The Hall–Kier alpha value is -1.60. The molecule has 0 bridgehead atoms. The van der Waals surface area contributed by atoms with Crippen LogP contribution in [0, 0.1) is 0 Å². The molecule has 116 valence electrons. The molecule has 0 unspecified atom stereocenters. The van der Waals surface area contributed by atoms with E-state index in [-0.39, 0.29) is 5.91 Å². The Balaban J connectivity index is 2.81. The van der Waals surface area contributed by atoms with E-state index in [2.05, 4.69) is 21.2 Å². The number of rotatable bonds is 8. The number of nitrogens with one attached hydrogen (secondary N) is 1. The molecular formula is C14H18BrNO5. The van der Waals surface area contributed by atoms with Crippen molar-refractivity contribution in [3.8, 4) is 11.5 Å². The summed E-state index contributed by atoms with van der Waals surface area (Å²) in [5.41, 5.74) is 0.415. The molecule has 0 aliphatic heterocycles. The highest BCUT2D eigenvalue weighted by Crippen LogP contribution is 2.33. The van der Waals surface area contributed by atoms with Crippen LogP contribution in [0.5, 0.6) is 11.5 Å². The number of hydrogen-bond acceptors (Lipinski definition) is 5. The summed E-state index contributed by atoms with van der Waals surface area (Å²) in [4.78, 5) is 22.8. The molecule has 6 nitrogen and oxygen atoms in total. The first-order valence-electron chi connectivity index (χ1n) is 6.29. The zero-order chi connectivity index (χ0) is 15.8. The molecule has 7 heteroatoms. The highest BCUT2D eigenvalue weighted by Gasteiger charge is 2.18. The average molecular weight is 360 g/mol. The topological polar surface area (TPSA) is 73.9 Å². The highest BCUT2D eigenvalue weighted by molar-refractivity contribution is 9.10. The Morgan fingerprint density at radius 2 is 2.10 bits per heavy atom. The van der Waals surface area contributed by atoms with Crippen molar-refractivity contribution in [3.05, 3.63) is 22.2 Å². The van der Waals surface area contributed by atoms with Crippen LogP contribution in [-0.2, 0) is 9.53 Å². The molecule has 0 aromatic heterocycles. The first kappa shape index (κ1) is 17.5.